The van der Waals surface area contributed by atoms with Crippen molar-refractivity contribution in [2.45, 2.75) is 34.1 Å². The fraction of sp³-hybridized carbons (Fsp3) is 0.600. The molecule has 19 heavy (non-hydrogen) atoms. The van der Waals surface area contributed by atoms with Crippen LogP contribution in [0.15, 0.2) is 18.5 Å². The third kappa shape index (κ3) is 4.89. The molecule has 1 aromatic heterocycles. The number of nitrogens with one attached hydrogen (secondary N) is 1. The molecule has 0 unspecified atom stereocenters. The van der Waals surface area contributed by atoms with E-state index in [1.54, 1.807) is 17.3 Å². The number of amides is 1. The fourth-order valence-electron chi connectivity index (χ4n) is 1.85. The Morgan fingerprint density at radius 3 is 2.58 bits per heavy atom. The van der Waals surface area contributed by atoms with Crippen LogP contribution in [-0.4, -0.2) is 35.4 Å². The SMILES string of the molecule is CCN(CC)C(=O)c1cncc(NCCC(C)C)c1. The first-order valence-electron chi connectivity index (χ1n) is 7.06. The van der Waals surface area contributed by atoms with E-state index in [-0.39, 0.29) is 5.91 Å². The minimum Gasteiger partial charge on any atom is -0.384 e. The predicted molar refractivity (Wildman–Crippen MR) is 79.4 cm³/mol. The normalized spacial score (nSPS) is 10.6. The minimum absolute atomic E-state index is 0.0463. The van der Waals surface area contributed by atoms with Crippen molar-refractivity contribution >= 4 is 11.6 Å². The molecular weight excluding hydrogens is 238 g/mol. The largest absolute Gasteiger partial charge is 0.384 e. The molecule has 0 fully saturated rings. The van der Waals surface area contributed by atoms with E-state index >= 15 is 0 Å². The van der Waals surface area contributed by atoms with Gasteiger partial charge in [-0.05, 0) is 32.3 Å². The van der Waals surface area contributed by atoms with Gasteiger partial charge in [-0.3, -0.25) is 9.78 Å². The van der Waals surface area contributed by atoms with Gasteiger partial charge in [-0.25, -0.2) is 0 Å². The van der Waals surface area contributed by atoms with Crippen LogP contribution in [0.4, 0.5) is 5.69 Å². The molecule has 106 valence electrons. The van der Waals surface area contributed by atoms with Gasteiger partial charge in [0.15, 0.2) is 0 Å². The Labute approximate surface area is 116 Å². The summed E-state index contributed by atoms with van der Waals surface area (Å²) in [7, 11) is 0. The van der Waals surface area contributed by atoms with Crippen molar-refractivity contribution in [2.24, 2.45) is 5.92 Å². The lowest BCUT2D eigenvalue weighted by atomic mass is 10.1. The number of hydrogen-bond acceptors (Lipinski definition) is 3. The van der Waals surface area contributed by atoms with Crippen LogP contribution in [0, 0.1) is 5.92 Å². The zero-order chi connectivity index (χ0) is 14.3. The highest BCUT2D eigenvalue weighted by Crippen LogP contribution is 2.11. The van der Waals surface area contributed by atoms with Crippen molar-refractivity contribution in [1.29, 1.82) is 0 Å². The van der Waals surface area contributed by atoms with Crippen molar-refractivity contribution in [3.05, 3.63) is 24.0 Å². The van der Waals surface area contributed by atoms with Crippen molar-refractivity contribution in [1.82, 2.24) is 9.88 Å². The van der Waals surface area contributed by atoms with Crippen LogP contribution in [0.5, 0.6) is 0 Å². The number of nitrogens with zero attached hydrogens (tertiary/aromatic N) is 2. The summed E-state index contributed by atoms with van der Waals surface area (Å²) in [6, 6.07) is 1.88. The van der Waals surface area contributed by atoms with Crippen molar-refractivity contribution < 1.29 is 4.79 Å². The van der Waals surface area contributed by atoms with Gasteiger partial charge in [-0.15, -0.1) is 0 Å². The molecule has 0 aliphatic heterocycles. The summed E-state index contributed by atoms with van der Waals surface area (Å²) in [6.45, 7) is 10.7. The standard InChI is InChI=1S/C15H25N3O/c1-5-18(6-2)15(19)13-9-14(11-16-10-13)17-8-7-12(3)4/h9-12,17H,5-8H2,1-4H3. The third-order valence-corrected chi connectivity index (χ3v) is 3.09. The summed E-state index contributed by atoms with van der Waals surface area (Å²) < 4.78 is 0. The predicted octanol–water partition coefficient (Wildman–Crippen LogP) is 3.02. The average Bonchev–Trinajstić information content (AvgIpc) is 2.40. The molecule has 0 saturated heterocycles. The molecule has 0 radical (unpaired) electrons. The minimum atomic E-state index is 0.0463. The summed E-state index contributed by atoms with van der Waals surface area (Å²) in [5, 5.41) is 3.31. The summed E-state index contributed by atoms with van der Waals surface area (Å²) in [5.41, 5.74) is 1.57. The third-order valence-electron chi connectivity index (χ3n) is 3.09. The molecule has 0 aromatic carbocycles. The van der Waals surface area contributed by atoms with E-state index in [0.29, 0.717) is 11.5 Å². The van der Waals surface area contributed by atoms with Crippen molar-refractivity contribution in [3.8, 4) is 0 Å². The van der Waals surface area contributed by atoms with Crippen LogP contribution in [0.1, 0.15) is 44.5 Å². The molecule has 0 spiro atoms. The number of pyridine rings is 1. The summed E-state index contributed by atoms with van der Waals surface area (Å²) in [6.07, 6.45) is 4.50. The summed E-state index contributed by atoms with van der Waals surface area (Å²) in [5.74, 6) is 0.714. The average molecular weight is 263 g/mol. The maximum atomic E-state index is 12.2. The molecule has 1 N–H and O–H groups in total. The van der Waals surface area contributed by atoms with E-state index in [2.05, 4.69) is 24.1 Å². The number of aromatic nitrogens is 1. The molecule has 0 saturated carbocycles. The zero-order valence-electron chi connectivity index (χ0n) is 12.4. The number of carbonyl (C=O) groups is 1. The lowest BCUT2D eigenvalue weighted by Crippen LogP contribution is -2.30. The Bertz CT molecular complexity index is 400. The second kappa shape index (κ2) is 7.77. The quantitative estimate of drug-likeness (QED) is 0.822. The molecule has 4 nitrogen and oxygen atoms in total. The van der Waals surface area contributed by atoms with Crippen LogP contribution < -0.4 is 5.32 Å². The monoisotopic (exact) mass is 263 g/mol. The number of carbonyl (C=O) groups excluding carboxylic acids is 1. The van der Waals surface area contributed by atoms with Gasteiger partial charge >= 0.3 is 0 Å². The Kier molecular flexibility index (Phi) is 6.33. The van der Waals surface area contributed by atoms with Gasteiger partial charge in [0.25, 0.3) is 5.91 Å². The molecule has 0 aliphatic rings. The van der Waals surface area contributed by atoms with Crippen molar-refractivity contribution in [3.63, 3.8) is 0 Å². The van der Waals surface area contributed by atoms with Gasteiger partial charge < -0.3 is 10.2 Å². The molecule has 0 atom stereocenters. The topological polar surface area (TPSA) is 45.2 Å². The van der Waals surface area contributed by atoms with Gasteiger partial charge in [0, 0.05) is 32.0 Å². The van der Waals surface area contributed by atoms with E-state index in [1.807, 2.05) is 19.9 Å². The van der Waals surface area contributed by atoms with Gasteiger partial charge in [0.2, 0.25) is 0 Å². The van der Waals surface area contributed by atoms with E-state index in [4.69, 9.17) is 0 Å². The maximum Gasteiger partial charge on any atom is 0.255 e. The number of anilines is 1. The highest BCUT2D eigenvalue weighted by Gasteiger charge is 2.13. The van der Waals surface area contributed by atoms with Crippen LogP contribution >= 0.6 is 0 Å². The van der Waals surface area contributed by atoms with E-state index < -0.39 is 0 Å². The van der Waals surface area contributed by atoms with Crippen molar-refractivity contribution in [2.75, 3.05) is 25.0 Å². The first kappa shape index (κ1) is 15.5. The summed E-state index contributed by atoms with van der Waals surface area (Å²) >= 11 is 0. The molecule has 1 aromatic rings. The van der Waals surface area contributed by atoms with E-state index in [1.165, 1.54) is 0 Å². The molecule has 1 amide bonds. The van der Waals surface area contributed by atoms with E-state index in [9.17, 15) is 4.79 Å². The summed E-state index contributed by atoms with van der Waals surface area (Å²) in [4.78, 5) is 18.1. The Morgan fingerprint density at radius 1 is 1.32 bits per heavy atom. The molecule has 0 bridgehead atoms. The first-order valence-corrected chi connectivity index (χ1v) is 7.06. The number of rotatable bonds is 7. The molecular formula is C15H25N3O. The Balaban J connectivity index is 2.68. The Hall–Kier alpha value is -1.58. The molecule has 4 heteroatoms. The fourth-order valence-corrected chi connectivity index (χ4v) is 1.85. The lowest BCUT2D eigenvalue weighted by molar-refractivity contribution is 0.0772. The lowest BCUT2D eigenvalue weighted by Gasteiger charge is -2.18. The smallest absolute Gasteiger partial charge is 0.255 e. The van der Waals surface area contributed by atoms with Crippen LogP contribution in [0.2, 0.25) is 0 Å². The zero-order valence-corrected chi connectivity index (χ0v) is 12.4. The van der Waals surface area contributed by atoms with Gasteiger partial charge in [-0.1, -0.05) is 13.8 Å². The second-order valence-corrected chi connectivity index (χ2v) is 5.05. The molecule has 1 heterocycles. The maximum absolute atomic E-state index is 12.2. The highest BCUT2D eigenvalue weighted by atomic mass is 16.2. The Morgan fingerprint density at radius 2 is 2.00 bits per heavy atom. The molecule has 0 aliphatic carbocycles. The van der Waals surface area contributed by atoms with E-state index in [0.717, 1.165) is 31.7 Å². The van der Waals surface area contributed by atoms with Gasteiger partial charge in [0.05, 0.1) is 11.3 Å². The van der Waals surface area contributed by atoms with Crippen LogP contribution in [0.25, 0.3) is 0 Å². The van der Waals surface area contributed by atoms with Gasteiger partial charge in [0.1, 0.15) is 0 Å². The van der Waals surface area contributed by atoms with Gasteiger partial charge in [-0.2, -0.15) is 0 Å². The molecule has 1 rings (SSSR count). The van der Waals surface area contributed by atoms with Crippen LogP contribution in [-0.2, 0) is 0 Å². The highest BCUT2D eigenvalue weighted by molar-refractivity contribution is 5.94. The first-order chi connectivity index (χ1) is 9.08. The van der Waals surface area contributed by atoms with Crippen LogP contribution in [0.3, 0.4) is 0 Å². The number of hydrogen-bond donors (Lipinski definition) is 1. The second-order valence-electron chi connectivity index (χ2n) is 5.05.